The molecule has 1 aromatic heterocycles. The second-order valence-corrected chi connectivity index (χ2v) is 6.63. The first-order valence-electron chi connectivity index (χ1n) is 8.38. The normalized spacial score (nSPS) is 15.1. The lowest BCUT2D eigenvalue weighted by Gasteiger charge is -2.15. The summed E-state index contributed by atoms with van der Waals surface area (Å²) in [6, 6.07) is 14.2. The van der Waals surface area contributed by atoms with Crippen LogP contribution in [0.3, 0.4) is 0 Å². The average molecular weight is 393 g/mol. The van der Waals surface area contributed by atoms with Gasteiger partial charge in [0.2, 0.25) is 11.0 Å². The predicted octanol–water partition coefficient (Wildman–Crippen LogP) is 4.01. The van der Waals surface area contributed by atoms with Crippen LogP contribution in [0.2, 0.25) is 0 Å². The fourth-order valence-electron chi connectivity index (χ4n) is 2.83. The molecule has 2 aromatic carbocycles. The molecule has 1 atom stereocenters. The van der Waals surface area contributed by atoms with Crippen molar-refractivity contribution in [2.45, 2.75) is 11.4 Å². The molecule has 1 aliphatic heterocycles. The number of rotatable bonds is 4. The maximum absolute atomic E-state index is 11.2. The molecular weight excluding hydrogens is 378 g/mol. The summed E-state index contributed by atoms with van der Waals surface area (Å²) in [5, 5.41) is 23.4. The first-order valence-corrected chi connectivity index (χ1v) is 9.61. The summed E-state index contributed by atoms with van der Waals surface area (Å²) in [4.78, 5) is 15.2. The molecule has 140 valence electrons. The van der Waals surface area contributed by atoms with Gasteiger partial charge in [-0.25, -0.2) is 0 Å². The van der Waals surface area contributed by atoms with E-state index in [9.17, 15) is 10.1 Å². The summed E-state index contributed by atoms with van der Waals surface area (Å²) >= 11 is 1.37. The number of hydrogen-bond acceptors (Lipinski definition) is 8. The third kappa shape index (κ3) is 3.52. The lowest BCUT2D eigenvalue weighted by Crippen LogP contribution is -2.23. The third-order valence-electron chi connectivity index (χ3n) is 4.12. The van der Waals surface area contributed by atoms with Gasteiger partial charge in [-0.3, -0.25) is 10.1 Å². The molecule has 0 bridgehead atoms. The lowest BCUT2D eigenvalue weighted by molar-refractivity contribution is -0.385. The van der Waals surface area contributed by atoms with Gasteiger partial charge in [-0.2, -0.15) is 4.98 Å². The standard InChI is InChI=1S/C19H15N5O3S/c1-28-19-21-18-17(22-23-19)13-7-3-4-8-14(13)20-16(27-18)11-10-12-6-2-5-9-15(12)24(25)26/h2-11,16,20H,1H3/b11-10+. The van der Waals surface area contributed by atoms with Crippen molar-refractivity contribution in [3.05, 3.63) is 70.3 Å². The molecule has 3 aromatic rings. The Morgan fingerprint density at radius 1 is 1.18 bits per heavy atom. The summed E-state index contributed by atoms with van der Waals surface area (Å²) in [7, 11) is 0. The highest BCUT2D eigenvalue weighted by Gasteiger charge is 2.23. The van der Waals surface area contributed by atoms with E-state index in [1.807, 2.05) is 30.5 Å². The summed E-state index contributed by atoms with van der Waals surface area (Å²) in [6.07, 6.45) is 4.65. The molecule has 0 saturated heterocycles. The first kappa shape index (κ1) is 17.9. The second-order valence-electron chi connectivity index (χ2n) is 5.86. The average Bonchev–Trinajstić information content (AvgIpc) is 2.88. The predicted molar refractivity (Wildman–Crippen MR) is 107 cm³/mol. The van der Waals surface area contributed by atoms with Crippen LogP contribution in [-0.4, -0.2) is 32.6 Å². The van der Waals surface area contributed by atoms with Crippen LogP contribution in [0, 0.1) is 10.1 Å². The van der Waals surface area contributed by atoms with Gasteiger partial charge in [-0.15, -0.1) is 10.2 Å². The van der Waals surface area contributed by atoms with Crippen molar-refractivity contribution >= 4 is 29.2 Å². The summed E-state index contributed by atoms with van der Waals surface area (Å²) in [5.74, 6) is 0.356. The van der Waals surface area contributed by atoms with Crippen LogP contribution in [0.5, 0.6) is 5.88 Å². The highest BCUT2D eigenvalue weighted by atomic mass is 32.2. The second kappa shape index (κ2) is 7.65. The van der Waals surface area contributed by atoms with Crippen molar-refractivity contribution in [3.8, 4) is 17.1 Å². The minimum atomic E-state index is -0.589. The van der Waals surface area contributed by atoms with Crippen LogP contribution < -0.4 is 10.1 Å². The zero-order valence-corrected chi connectivity index (χ0v) is 15.6. The van der Waals surface area contributed by atoms with E-state index in [0.717, 1.165) is 11.3 Å². The van der Waals surface area contributed by atoms with Gasteiger partial charge in [-0.1, -0.05) is 42.1 Å². The van der Waals surface area contributed by atoms with Crippen molar-refractivity contribution in [2.24, 2.45) is 0 Å². The van der Waals surface area contributed by atoms with Gasteiger partial charge in [0.25, 0.3) is 5.69 Å². The Morgan fingerprint density at radius 2 is 1.96 bits per heavy atom. The highest BCUT2D eigenvalue weighted by molar-refractivity contribution is 7.98. The smallest absolute Gasteiger partial charge is 0.276 e. The Hall–Kier alpha value is -3.46. The first-order chi connectivity index (χ1) is 13.7. The van der Waals surface area contributed by atoms with E-state index in [2.05, 4.69) is 20.5 Å². The van der Waals surface area contributed by atoms with Gasteiger partial charge in [0.15, 0.2) is 11.9 Å². The molecule has 0 radical (unpaired) electrons. The zero-order valence-electron chi connectivity index (χ0n) is 14.8. The van der Waals surface area contributed by atoms with Crippen molar-refractivity contribution in [2.75, 3.05) is 11.6 Å². The minimum Gasteiger partial charge on any atom is -0.448 e. The van der Waals surface area contributed by atoms with Crippen LogP contribution in [0.25, 0.3) is 17.3 Å². The van der Waals surface area contributed by atoms with Crippen molar-refractivity contribution in [3.63, 3.8) is 0 Å². The van der Waals surface area contributed by atoms with Crippen LogP contribution in [0.15, 0.2) is 59.8 Å². The highest BCUT2D eigenvalue weighted by Crippen LogP contribution is 2.36. The summed E-state index contributed by atoms with van der Waals surface area (Å²) in [6.45, 7) is 0. The van der Waals surface area contributed by atoms with Crippen LogP contribution in [0.1, 0.15) is 5.56 Å². The monoisotopic (exact) mass is 393 g/mol. The molecule has 0 aliphatic carbocycles. The van der Waals surface area contributed by atoms with E-state index in [-0.39, 0.29) is 5.69 Å². The van der Waals surface area contributed by atoms with Gasteiger partial charge < -0.3 is 10.1 Å². The lowest BCUT2D eigenvalue weighted by atomic mass is 10.1. The topological polar surface area (TPSA) is 103 Å². The van der Waals surface area contributed by atoms with Crippen molar-refractivity contribution < 1.29 is 9.66 Å². The molecule has 1 N–H and O–H groups in total. The molecule has 1 aliphatic rings. The van der Waals surface area contributed by atoms with E-state index < -0.39 is 11.2 Å². The zero-order chi connectivity index (χ0) is 19.5. The van der Waals surface area contributed by atoms with E-state index >= 15 is 0 Å². The van der Waals surface area contributed by atoms with Crippen molar-refractivity contribution in [1.29, 1.82) is 0 Å². The number of aromatic nitrogens is 3. The number of thioether (sulfide) groups is 1. The molecule has 28 heavy (non-hydrogen) atoms. The SMILES string of the molecule is CSc1nnc2c(n1)OC(/C=C/c1ccccc1[N+](=O)[O-])Nc1ccccc1-2. The van der Waals surface area contributed by atoms with Crippen LogP contribution in [0.4, 0.5) is 11.4 Å². The number of anilines is 1. The minimum absolute atomic E-state index is 0.0295. The summed E-state index contributed by atoms with van der Waals surface area (Å²) in [5.41, 5.74) is 2.70. The van der Waals surface area contributed by atoms with E-state index in [1.54, 1.807) is 30.4 Å². The van der Waals surface area contributed by atoms with Gasteiger partial charge in [0.05, 0.1) is 10.5 Å². The molecule has 2 heterocycles. The number of fused-ring (bicyclic) bond motifs is 3. The Morgan fingerprint density at radius 3 is 2.79 bits per heavy atom. The molecule has 9 heteroatoms. The number of nitrogens with one attached hydrogen (secondary N) is 1. The number of nitro groups is 1. The van der Waals surface area contributed by atoms with E-state index in [1.165, 1.54) is 17.8 Å². The molecule has 0 spiro atoms. The van der Waals surface area contributed by atoms with Crippen LogP contribution >= 0.6 is 11.8 Å². The Bertz CT molecular complexity index is 1070. The molecular formula is C19H15N5O3S. The number of para-hydroxylation sites is 2. The van der Waals surface area contributed by atoms with Crippen molar-refractivity contribution in [1.82, 2.24) is 15.2 Å². The van der Waals surface area contributed by atoms with E-state index in [0.29, 0.717) is 22.3 Å². The fraction of sp³-hybridized carbons (Fsp3) is 0.105. The van der Waals surface area contributed by atoms with E-state index in [4.69, 9.17) is 4.74 Å². The Balaban J connectivity index is 1.73. The molecule has 1 unspecified atom stereocenters. The number of ether oxygens (including phenoxy) is 1. The summed E-state index contributed by atoms with van der Waals surface area (Å²) < 4.78 is 6.01. The Labute approximate surface area is 164 Å². The molecule has 8 nitrogen and oxygen atoms in total. The maximum atomic E-state index is 11.2. The third-order valence-corrected chi connectivity index (χ3v) is 4.66. The number of hydrogen-bond donors (Lipinski definition) is 1. The van der Waals surface area contributed by atoms with Gasteiger partial charge >= 0.3 is 0 Å². The van der Waals surface area contributed by atoms with Crippen LogP contribution in [-0.2, 0) is 0 Å². The largest absolute Gasteiger partial charge is 0.448 e. The number of benzene rings is 2. The molecule has 0 fully saturated rings. The maximum Gasteiger partial charge on any atom is 0.276 e. The fourth-order valence-corrected chi connectivity index (χ4v) is 3.12. The van der Waals surface area contributed by atoms with Gasteiger partial charge in [-0.05, 0) is 30.5 Å². The molecule has 0 amide bonds. The quantitative estimate of drug-likeness (QED) is 0.403. The molecule has 0 saturated carbocycles. The van der Waals surface area contributed by atoms with Gasteiger partial charge in [0, 0.05) is 17.3 Å². The number of nitro benzene ring substituents is 1. The molecule has 4 rings (SSSR count). The Kier molecular flexibility index (Phi) is 4.90. The van der Waals surface area contributed by atoms with Gasteiger partial charge in [0.1, 0.15) is 0 Å². The number of nitrogens with zero attached hydrogens (tertiary/aromatic N) is 4.